The van der Waals surface area contributed by atoms with E-state index in [-0.39, 0.29) is 146 Å². The second-order valence-electron chi connectivity index (χ2n) is 26.2. The first-order chi connectivity index (χ1) is 36.6. The molecule has 13 saturated heterocycles. The number of carbonyl (C=O) groups is 1. The summed E-state index contributed by atoms with van der Waals surface area (Å²) >= 11 is 0. The molecule has 13 aliphatic rings. The van der Waals surface area contributed by atoms with E-state index in [4.69, 9.17) is 66.3 Å². The third-order valence-corrected chi connectivity index (χ3v) is 20.9. The summed E-state index contributed by atoms with van der Waals surface area (Å²) < 4.78 is 95.9. The molecule has 0 saturated carbocycles. The summed E-state index contributed by atoms with van der Waals surface area (Å²) in [5.41, 5.74) is 2.19. The van der Waals surface area contributed by atoms with E-state index >= 15 is 0 Å². The fourth-order valence-corrected chi connectivity index (χ4v) is 16.7. The largest absolute Gasteiger partial charge is 0.459 e. The molecule has 5 unspecified atom stereocenters. The van der Waals surface area contributed by atoms with Gasteiger partial charge in [0.1, 0.15) is 18.3 Å². The van der Waals surface area contributed by atoms with Gasteiger partial charge in [0, 0.05) is 63.7 Å². The number of carbonyl (C=O) groups excluding carboxylic acids is 1. The van der Waals surface area contributed by atoms with Crippen LogP contribution in [0.5, 0.6) is 0 Å². The maximum atomic E-state index is 14.5. The summed E-state index contributed by atoms with van der Waals surface area (Å²) in [6.45, 7) is 20.0. The number of hydrogen-bond donors (Lipinski definition) is 2. The van der Waals surface area contributed by atoms with Crippen LogP contribution in [0.1, 0.15) is 157 Å². The van der Waals surface area contributed by atoms with E-state index in [1.54, 1.807) is 0 Å². The second kappa shape index (κ2) is 21.0. The Kier molecular flexibility index (Phi) is 14.8. The van der Waals surface area contributed by atoms with Crippen molar-refractivity contribution in [2.24, 2.45) is 23.7 Å². The monoisotopic (exact) mass is 1070 g/mol. The van der Waals surface area contributed by atoms with Crippen molar-refractivity contribution in [3.05, 3.63) is 24.3 Å². The Labute approximate surface area is 449 Å². The molecule has 76 heavy (non-hydrogen) atoms. The SMILES string of the molecule is C=C1C[C@@H]2CC[C@]34CCC(O3)[C@H]3C[C@@H](O4)[C@H]4O[C@H](CC[C@@H]4O3)CC(=O)O[C@H]3C(C[C@H]4O[C@@H](CCC1O2)C[C@@H](C)C4=C)O[C@H]1C[C@H]2O[C@](CC)(O[C@@H]4CO[C@]5(C[C@H](C)C6O[C@H](CO)[C@H](O)CC6O5)C[C@@H]4C)C[C@H]2O[C@H]1[C@@H]3C. The van der Waals surface area contributed by atoms with Gasteiger partial charge in [0.2, 0.25) is 0 Å². The molecule has 2 spiro atoms. The zero-order valence-corrected chi connectivity index (χ0v) is 45.7. The number of fused-ring (bicyclic) bond motifs is 12. The molecule has 426 valence electrons. The molecule has 2 N–H and O–H groups in total. The van der Waals surface area contributed by atoms with Crippen molar-refractivity contribution in [3.8, 4) is 0 Å². The number of rotatable bonds is 4. The van der Waals surface area contributed by atoms with E-state index < -0.39 is 41.8 Å². The van der Waals surface area contributed by atoms with Crippen molar-refractivity contribution in [2.45, 2.75) is 302 Å². The van der Waals surface area contributed by atoms with Gasteiger partial charge in [-0.25, -0.2) is 0 Å². The Morgan fingerprint density at radius 3 is 2.14 bits per heavy atom. The number of ether oxygens (including phenoxy) is 14. The van der Waals surface area contributed by atoms with Crippen LogP contribution in [-0.4, -0.2) is 175 Å². The van der Waals surface area contributed by atoms with Gasteiger partial charge in [-0.1, -0.05) is 47.8 Å². The van der Waals surface area contributed by atoms with E-state index in [9.17, 15) is 15.0 Å². The van der Waals surface area contributed by atoms with Crippen LogP contribution < -0.4 is 0 Å². The van der Waals surface area contributed by atoms with Crippen LogP contribution in [0.25, 0.3) is 0 Å². The van der Waals surface area contributed by atoms with Crippen LogP contribution in [-0.2, 0) is 71.1 Å². The lowest BCUT2D eigenvalue weighted by molar-refractivity contribution is -0.373. The van der Waals surface area contributed by atoms with Crippen LogP contribution in [0.15, 0.2) is 24.3 Å². The Morgan fingerprint density at radius 2 is 1.32 bits per heavy atom. The van der Waals surface area contributed by atoms with Gasteiger partial charge in [-0.3, -0.25) is 4.79 Å². The van der Waals surface area contributed by atoms with Gasteiger partial charge < -0.3 is 76.5 Å². The lowest BCUT2D eigenvalue weighted by atomic mass is 9.79. The van der Waals surface area contributed by atoms with Crippen molar-refractivity contribution in [1.82, 2.24) is 0 Å². The highest BCUT2D eigenvalue weighted by atomic mass is 16.8. The summed E-state index contributed by atoms with van der Waals surface area (Å²) in [6.07, 6.45) is 7.05. The molecule has 17 heteroatoms. The standard InChI is InChI=1S/C59H88O17/c1-8-57(76-51-28-63-59(24-31(51)4)25-32(5)53-47(75-59)20-38(61)50(27-60)70-53)26-49-44(73-57)23-46-54(69-49)34(7)55-45(68-46)21-42-33(6)29(2)17-35(65-42)9-11-39-30(3)18-37(64-39)13-15-58-16-14-40(72-58)43-22-48(74-58)56-41(67-43)12-10-36(66-56)19-52(62)71-55/h29,31-32,34-51,53-56,60-61H,3,6,8-28H2,1-2,4-5,7H3/t29-,31+,32+,34+,35+,36-,37+,38-,39?,40?,41+,42-,43-,44-,45?,46+,47?,48-,49-,50-,51-,53?,54+,55-,56+,57-,58+,59-/m1/s1. The molecule has 28 atom stereocenters. The van der Waals surface area contributed by atoms with Crippen molar-refractivity contribution in [1.29, 1.82) is 0 Å². The first-order valence-corrected chi connectivity index (χ1v) is 30.0. The van der Waals surface area contributed by atoms with Crippen molar-refractivity contribution >= 4 is 5.97 Å². The summed E-state index contributed by atoms with van der Waals surface area (Å²) in [6, 6.07) is 0. The molecule has 13 aliphatic heterocycles. The molecule has 13 heterocycles. The van der Waals surface area contributed by atoms with Crippen LogP contribution >= 0.6 is 0 Å². The molecule has 0 aromatic rings. The zero-order valence-electron chi connectivity index (χ0n) is 45.7. The smallest absolute Gasteiger partial charge is 0.308 e. The van der Waals surface area contributed by atoms with Crippen molar-refractivity contribution < 1.29 is 81.3 Å². The summed E-state index contributed by atoms with van der Waals surface area (Å²) in [5.74, 6) is -2.52. The Balaban J connectivity index is 0.713. The first-order valence-electron chi connectivity index (χ1n) is 30.0. The van der Waals surface area contributed by atoms with Crippen molar-refractivity contribution in [2.75, 3.05) is 13.2 Å². The predicted octanol–water partition coefficient (Wildman–Crippen LogP) is 6.82. The number of aliphatic hydroxyl groups excluding tert-OH is 2. The van der Waals surface area contributed by atoms with Gasteiger partial charge in [-0.05, 0) is 86.7 Å². The molecule has 13 fully saturated rings. The van der Waals surface area contributed by atoms with Crippen LogP contribution in [0.2, 0.25) is 0 Å². The second-order valence-corrected chi connectivity index (χ2v) is 26.2. The first kappa shape index (κ1) is 53.6. The van der Waals surface area contributed by atoms with Gasteiger partial charge in [-0.15, -0.1) is 0 Å². The Morgan fingerprint density at radius 1 is 0.592 bits per heavy atom. The van der Waals surface area contributed by atoms with E-state index in [1.807, 2.05) is 0 Å². The molecule has 10 bridgehead atoms. The highest BCUT2D eigenvalue weighted by Gasteiger charge is 2.61. The van der Waals surface area contributed by atoms with Gasteiger partial charge in [-0.2, -0.15) is 0 Å². The summed E-state index contributed by atoms with van der Waals surface area (Å²) in [4.78, 5) is 14.5. The molecular weight excluding hydrogens is 981 g/mol. The van der Waals surface area contributed by atoms with E-state index in [1.165, 1.54) is 0 Å². The van der Waals surface area contributed by atoms with E-state index in [0.29, 0.717) is 64.4 Å². The fourth-order valence-electron chi connectivity index (χ4n) is 16.7. The number of hydrogen-bond acceptors (Lipinski definition) is 17. The number of aliphatic hydroxyl groups is 2. The Hall–Kier alpha value is -1.65. The van der Waals surface area contributed by atoms with Gasteiger partial charge in [0.05, 0.1) is 130 Å². The van der Waals surface area contributed by atoms with E-state index in [2.05, 4.69) is 47.8 Å². The predicted molar refractivity (Wildman–Crippen MR) is 270 cm³/mol. The highest BCUT2D eigenvalue weighted by molar-refractivity contribution is 5.70. The Bertz CT molecular complexity index is 2150. The fraction of sp³-hybridized carbons (Fsp3) is 0.915. The van der Waals surface area contributed by atoms with Crippen molar-refractivity contribution in [3.63, 3.8) is 0 Å². The maximum absolute atomic E-state index is 14.5. The van der Waals surface area contributed by atoms with E-state index in [0.717, 1.165) is 68.9 Å². The number of esters is 1. The average Bonchev–Trinajstić information content (AvgIpc) is 4.22. The minimum atomic E-state index is -0.901. The molecule has 0 aromatic carbocycles. The average molecular weight is 1070 g/mol. The van der Waals surface area contributed by atoms with Gasteiger partial charge in [0.25, 0.3) is 0 Å². The van der Waals surface area contributed by atoms with Gasteiger partial charge >= 0.3 is 5.97 Å². The molecule has 0 aromatic heterocycles. The highest BCUT2D eigenvalue weighted by Crippen LogP contribution is 2.52. The molecular formula is C59H88O17. The van der Waals surface area contributed by atoms with Gasteiger partial charge in [0.15, 0.2) is 17.4 Å². The quantitative estimate of drug-likeness (QED) is 0.220. The summed E-state index contributed by atoms with van der Waals surface area (Å²) in [5, 5.41) is 20.5. The molecule has 0 radical (unpaired) electrons. The lowest BCUT2D eigenvalue weighted by Gasteiger charge is -2.54. The van der Waals surface area contributed by atoms with Crippen LogP contribution in [0.3, 0.4) is 0 Å². The molecule has 0 aliphatic carbocycles. The normalized spacial score (nSPS) is 55.4. The summed E-state index contributed by atoms with van der Waals surface area (Å²) in [7, 11) is 0. The molecule has 0 amide bonds. The maximum Gasteiger partial charge on any atom is 0.308 e. The van der Waals surface area contributed by atoms with Crippen LogP contribution in [0, 0.1) is 23.7 Å². The van der Waals surface area contributed by atoms with Crippen LogP contribution in [0.4, 0.5) is 0 Å². The third-order valence-electron chi connectivity index (χ3n) is 20.9. The minimum Gasteiger partial charge on any atom is -0.459 e. The molecule has 17 nitrogen and oxygen atoms in total. The third kappa shape index (κ3) is 10.1. The molecule has 13 rings (SSSR count). The topological polar surface area (TPSA) is 187 Å². The lowest BCUT2D eigenvalue weighted by Crippen LogP contribution is -2.62. The zero-order chi connectivity index (χ0) is 52.4. The minimum absolute atomic E-state index is 0.000226.